The van der Waals surface area contributed by atoms with Crippen molar-refractivity contribution in [2.75, 3.05) is 20.7 Å². The third kappa shape index (κ3) is 4.34. The number of ether oxygens (including phenoxy) is 1. The second kappa shape index (κ2) is 7.47. The molecule has 2 aromatic rings. The van der Waals surface area contributed by atoms with Crippen molar-refractivity contribution < 1.29 is 9.53 Å². The van der Waals surface area contributed by atoms with Crippen molar-refractivity contribution in [1.29, 1.82) is 0 Å². The number of likely N-dealkylation sites (N-methyl/N-ethyl adjacent to an activating group) is 1. The van der Waals surface area contributed by atoms with Crippen LogP contribution in [0, 0.1) is 0 Å². The minimum absolute atomic E-state index is 0.0170. The van der Waals surface area contributed by atoms with Gasteiger partial charge in [0.1, 0.15) is 5.75 Å². The SMILES string of the molecule is COc1ccc(C(C)(C)C)cc1C(=O)N(C)CCc1ccncc1. The molecule has 0 bridgehead atoms. The van der Waals surface area contributed by atoms with E-state index in [1.807, 2.05) is 37.4 Å². The van der Waals surface area contributed by atoms with Gasteiger partial charge in [-0.1, -0.05) is 26.8 Å². The van der Waals surface area contributed by atoms with Crippen LogP contribution >= 0.6 is 0 Å². The minimum Gasteiger partial charge on any atom is -0.496 e. The van der Waals surface area contributed by atoms with Gasteiger partial charge in [0, 0.05) is 26.0 Å². The summed E-state index contributed by atoms with van der Waals surface area (Å²) in [6, 6.07) is 9.79. The van der Waals surface area contributed by atoms with Gasteiger partial charge in [-0.2, -0.15) is 0 Å². The molecule has 0 saturated heterocycles. The Morgan fingerprint density at radius 2 is 1.83 bits per heavy atom. The number of carbonyl (C=O) groups excluding carboxylic acids is 1. The van der Waals surface area contributed by atoms with E-state index in [2.05, 4.69) is 25.8 Å². The number of amides is 1. The highest BCUT2D eigenvalue weighted by Gasteiger charge is 2.21. The van der Waals surface area contributed by atoms with E-state index in [-0.39, 0.29) is 11.3 Å². The molecule has 0 unspecified atom stereocenters. The molecule has 0 spiro atoms. The van der Waals surface area contributed by atoms with Gasteiger partial charge in [0.25, 0.3) is 5.91 Å². The molecule has 0 radical (unpaired) electrons. The third-order valence-corrected chi connectivity index (χ3v) is 4.13. The van der Waals surface area contributed by atoms with Gasteiger partial charge >= 0.3 is 0 Å². The highest BCUT2D eigenvalue weighted by Crippen LogP contribution is 2.28. The van der Waals surface area contributed by atoms with Crippen LogP contribution < -0.4 is 4.74 Å². The van der Waals surface area contributed by atoms with Crippen molar-refractivity contribution in [2.45, 2.75) is 32.6 Å². The average Bonchev–Trinajstić information content (AvgIpc) is 2.58. The second-order valence-corrected chi connectivity index (χ2v) is 7.00. The van der Waals surface area contributed by atoms with E-state index in [0.717, 1.165) is 12.0 Å². The van der Waals surface area contributed by atoms with E-state index in [4.69, 9.17) is 4.74 Å². The van der Waals surface area contributed by atoms with E-state index in [9.17, 15) is 4.79 Å². The molecule has 0 N–H and O–H groups in total. The number of hydrogen-bond acceptors (Lipinski definition) is 3. The van der Waals surface area contributed by atoms with Crippen molar-refractivity contribution in [3.8, 4) is 5.75 Å². The molecule has 1 amide bonds. The lowest BCUT2D eigenvalue weighted by atomic mass is 9.86. The minimum atomic E-state index is -0.0213. The van der Waals surface area contributed by atoms with Crippen molar-refractivity contribution >= 4 is 5.91 Å². The maximum Gasteiger partial charge on any atom is 0.257 e. The molecular formula is C20H26N2O2. The first kappa shape index (κ1) is 18.0. The summed E-state index contributed by atoms with van der Waals surface area (Å²) in [4.78, 5) is 18.6. The fraction of sp³-hybridized carbons (Fsp3) is 0.400. The molecule has 24 heavy (non-hydrogen) atoms. The summed E-state index contributed by atoms with van der Waals surface area (Å²) in [5, 5.41) is 0. The number of aromatic nitrogens is 1. The van der Waals surface area contributed by atoms with Crippen LogP contribution in [-0.4, -0.2) is 36.5 Å². The van der Waals surface area contributed by atoms with Crippen molar-refractivity contribution in [2.24, 2.45) is 0 Å². The Balaban J connectivity index is 2.18. The zero-order valence-electron chi connectivity index (χ0n) is 15.2. The van der Waals surface area contributed by atoms with Crippen LogP contribution in [0.2, 0.25) is 0 Å². The van der Waals surface area contributed by atoms with Crippen LogP contribution in [0.15, 0.2) is 42.7 Å². The first-order valence-electron chi connectivity index (χ1n) is 8.16. The molecule has 1 heterocycles. The highest BCUT2D eigenvalue weighted by atomic mass is 16.5. The lowest BCUT2D eigenvalue weighted by molar-refractivity contribution is 0.0793. The molecule has 0 fully saturated rings. The smallest absolute Gasteiger partial charge is 0.257 e. The normalized spacial score (nSPS) is 11.2. The summed E-state index contributed by atoms with van der Waals surface area (Å²) in [5.41, 5.74) is 2.88. The Kier molecular flexibility index (Phi) is 5.60. The first-order valence-corrected chi connectivity index (χ1v) is 8.16. The number of pyridine rings is 1. The maximum absolute atomic E-state index is 12.9. The predicted octanol–water partition coefficient (Wildman–Crippen LogP) is 3.70. The number of benzene rings is 1. The van der Waals surface area contributed by atoms with E-state index < -0.39 is 0 Å². The quantitative estimate of drug-likeness (QED) is 0.841. The largest absolute Gasteiger partial charge is 0.496 e. The fourth-order valence-corrected chi connectivity index (χ4v) is 2.50. The summed E-state index contributed by atoms with van der Waals surface area (Å²) in [6.45, 7) is 7.05. The summed E-state index contributed by atoms with van der Waals surface area (Å²) < 4.78 is 5.39. The number of nitrogens with zero attached hydrogens (tertiary/aromatic N) is 2. The van der Waals surface area contributed by atoms with Gasteiger partial charge in [0.15, 0.2) is 0 Å². The zero-order chi connectivity index (χ0) is 17.7. The predicted molar refractivity (Wildman–Crippen MR) is 96.6 cm³/mol. The van der Waals surface area contributed by atoms with Crippen LogP contribution in [0.4, 0.5) is 0 Å². The van der Waals surface area contributed by atoms with Crippen molar-refractivity contribution in [3.05, 3.63) is 59.4 Å². The van der Waals surface area contributed by atoms with Crippen molar-refractivity contribution in [3.63, 3.8) is 0 Å². The number of methoxy groups -OCH3 is 1. The van der Waals surface area contributed by atoms with Crippen LogP contribution in [0.25, 0.3) is 0 Å². The average molecular weight is 326 g/mol. The molecule has 0 aliphatic carbocycles. The fourth-order valence-electron chi connectivity index (χ4n) is 2.50. The van der Waals surface area contributed by atoms with Crippen LogP contribution in [0.1, 0.15) is 42.3 Å². The van der Waals surface area contributed by atoms with E-state index >= 15 is 0 Å². The van der Waals surface area contributed by atoms with Crippen LogP contribution in [0.3, 0.4) is 0 Å². The van der Waals surface area contributed by atoms with Gasteiger partial charge in [-0.25, -0.2) is 0 Å². The van der Waals surface area contributed by atoms with Gasteiger partial charge in [0.2, 0.25) is 0 Å². The van der Waals surface area contributed by atoms with Gasteiger partial charge in [0.05, 0.1) is 12.7 Å². The zero-order valence-corrected chi connectivity index (χ0v) is 15.2. The van der Waals surface area contributed by atoms with Gasteiger partial charge in [-0.15, -0.1) is 0 Å². The molecule has 0 aliphatic heterocycles. The summed E-state index contributed by atoms with van der Waals surface area (Å²) in [5.74, 6) is 0.593. The Hall–Kier alpha value is -2.36. The van der Waals surface area contributed by atoms with E-state index in [0.29, 0.717) is 17.9 Å². The number of rotatable bonds is 5. The topological polar surface area (TPSA) is 42.4 Å². The molecule has 4 heteroatoms. The van der Waals surface area contributed by atoms with Gasteiger partial charge in [-0.05, 0) is 47.2 Å². The Morgan fingerprint density at radius 1 is 1.17 bits per heavy atom. The highest BCUT2D eigenvalue weighted by molar-refractivity contribution is 5.97. The van der Waals surface area contributed by atoms with E-state index in [1.54, 1.807) is 24.4 Å². The number of carbonyl (C=O) groups is 1. The maximum atomic E-state index is 12.9. The third-order valence-electron chi connectivity index (χ3n) is 4.13. The molecule has 1 aromatic heterocycles. The molecule has 0 atom stereocenters. The van der Waals surface area contributed by atoms with Crippen molar-refractivity contribution in [1.82, 2.24) is 9.88 Å². The molecule has 4 nitrogen and oxygen atoms in total. The molecule has 2 rings (SSSR count). The molecule has 0 aliphatic rings. The summed E-state index contributed by atoms with van der Waals surface area (Å²) in [7, 11) is 3.42. The van der Waals surface area contributed by atoms with Crippen LogP contribution in [-0.2, 0) is 11.8 Å². The summed E-state index contributed by atoms with van der Waals surface area (Å²) >= 11 is 0. The lowest BCUT2D eigenvalue weighted by Crippen LogP contribution is -2.29. The standard InChI is InChI=1S/C20H26N2O2/c1-20(2,3)16-6-7-18(24-5)17(14-16)19(23)22(4)13-10-15-8-11-21-12-9-15/h6-9,11-12,14H,10,13H2,1-5H3. The first-order chi connectivity index (χ1) is 11.3. The monoisotopic (exact) mass is 326 g/mol. The van der Waals surface area contributed by atoms with Gasteiger partial charge < -0.3 is 9.64 Å². The molecular weight excluding hydrogens is 300 g/mol. The van der Waals surface area contributed by atoms with E-state index in [1.165, 1.54) is 5.56 Å². The van der Waals surface area contributed by atoms with Crippen LogP contribution in [0.5, 0.6) is 5.75 Å². The molecule has 128 valence electrons. The second-order valence-electron chi connectivity index (χ2n) is 7.00. The Bertz CT molecular complexity index is 691. The Morgan fingerprint density at radius 3 is 2.42 bits per heavy atom. The summed E-state index contributed by atoms with van der Waals surface area (Å²) in [6.07, 6.45) is 4.34. The lowest BCUT2D eigenvalue weighted by Gasteiger charge is -2.23. The van der Waals surface area contributed by atoms with Gasteiger partial charge in [-0.3, -0.25) is 9.78 Å². The molecule has 1 aromatic carbocycles. The number of hydrogen-bond donors (Lipinski definition) is 0. The molecule has 0 saturated carbocycles. The Labute approximate surface area is 144 Å².